The van der Waals surface area contributed by atoms with Gasteiger partial charge in [0.05, 0.1) is 0 Å². The molecule has 0 fully saturated rings. The number of hydrogen-bond donors (Lipinski definition) is 1. The summed E-state index contributed by atoms with van der Waals surface area (Å²) in [6, 6.07) is 7.09. The van der Waals surface area contributed by atoms with Crippen molar-refractivity contribution in [2.75, 3.05) is 0 Å². The van der Waals surface area contributed by atoms with E-state index in [1.165, 1.54) is 0 Å². The van der Waals surface area contributed by atoms with Crippen LogP contribution in [0.4, 0.5) is 0 Å². The lowest BCUT2D eigenvalue weighted by Crippen LogP contribution is -1.97. The Morgan fingerprint density at radius 1 is 1.16 bits per heavy atom. The number of benzene rings is 1. The van der Waals surface area contributed by atoms with Gasteiger partial charge in [-0.05, 0) is 25.0 Å². The van der Waals surface area contributed by atoms with Crippen molar-refractivity contribution in [1.29, 1.82) is 0 Å². The first-order valence-corrected chi connectivity index (χ1v) is 5.85. The minimum absolute atomic E-state index is 0.313. The van der Waals surface area contributed by atoms with E-state index in [-0.39, 0.29) is 5.78 Å². The van der Waals surface area contributed by atoms with E-state index < -0.39 is 5.97 Å². The fourth-order valence-electron chi connectivity index (χ4n) is 1.44. The molecule has 1 rings (SSSR count). The van der Waals surface area contributed by atoms with Crippen LogP contribution in [0.3, 0.4) is 0 Å². The summed E-state index contributed by atoms with van der Waals surface area (Å²) in [7, 11) is 0. The molecule has 0 saturated carbocycles. The van der Waals surface area contributed by atoms with E-state index in [4.69, 9.17) is 5.11 Å². The molecule has 0 aliphatic carbocycles. The predicted molar refractivity (Wildman–Crippen MR) is 75.2 cm³/mol. The first kappa shape index (κ1) is 14.6. The van der Waals surface area contributed by atoms with Gasteiger partial charge in [0.2, 0.25) is 0 Å². The molecule has 0 aliphatic rings. The van der Waals surface area contributed by atoms with Crippen molar-refractivity contribution in [2.24, 2.45) is 0 Å². The van der Waals surface area contributed by atoms with E-state index in [1.54, 1.807) is 12.1 Å². The van der Waals surface area contributed by atoms with Crippen molar-refractivity contribution in [1.82, 2.24) is 0 Å². The maximum atomic E-state index is 11.6. The Morgan fingerprint density at radius 3 is 2.32 bits per heavy atom. The smallest absolute Gasteiger partial charge is 0.328 e. The van der Waals surface area contributed by atoms with Gasteiger partial charge < -0.3 is 5.11 Å². The largest absolute Gasteiger partial charge is 0.478 e. The Balaban J connectivity index is 2.68. The SMILES string of the molecule is C=C(C)/C=C/Cc1ccc(C(=O)/C=C/C(=O)O)cc1. The van der Waals surface area contributed by atoms with Crippen LogP contribution in [0.1, 0.15) is 22.8 Å². The van der Waals surface area contributed by atoms with Gasteiger partial charge in [-0.3, -0.25) is 4.79 Å². The minimum Gasteiger partial charge on any atom is -0.478 e. The lowest BCUT2D eigenvalue weighted by atomic mass is 10.1. The molecule has 0 heterocycles. The van der Waals surface area contributed by atoms with Crippen molar-refractivity contribution < 1.29 is 14.7 Å². The van der Waals surface area contributed by atoms with Gasteiger partial charge in [0.25, 0.3) is 0 Å². The highest BCUT2D eigenvalue weighted by molar-refractivity contribution is 6.06. The van der Waals surface area contributed by atoms with E-state index in [0.717, 1.165) is 29.7 Å². The molecule has 0 bridgehead atoms. The maximum Gasteiger partial charge on any atom is 0.328 e. The summed E-state index contributed by atoms with van der Waals surface area (Å²) in [5, 5.41) is 8.44. The van der Waals surface area contributed by atoms with Gasteiger partial charge in [-0.2, -0.15) is 0 Å². The zero-order valence-electron chi connectivity index (χ0n) is 10.8. The molecule has 0 atom stereocenters. The highest BCUT2D eigenvalue weighted by Gasteiger charge is 2.02. The number of aliphatic carboxylic acids is 1. The second-order valence-electron chi connectivity index (χ2n) is 4.19. The van der Waals surface area contributed by atoms with Gasteiger partial charge in [-0.15, -0.1) is 0 Å². The summed E-state index contributed by atoms with van der Waals surface area (Å²) < 4.78 is 0. The molecular formula is C16H16O3. The van der Waals surface area contributed by atoms with Crippen molar-refractivity contribution in [3.05, 3.63) is 71.8 Å². The number of ketones is 1. The molecule has 3 nitrogen and oxygen atoms in total. The molecule has 0 aromatic heterocycles. The molecule has 0 unspecified atom stereocenters. The van der Waals surface area contributed by atoms with Gasteiger partial charge in [-0.1, -0.05) is 48.6 Å². The Kier molecular flexibility index (Phi) is 5.48. The summed E-state index contributed by atoms with van der Waals surface area (Å²) in [5.74, 6) is -1.44. The molecule has 0 radical (unpaired) electrons. The van der Waals surface area contributed by atoms with Crippen molar-refractivity contribution in [3.8, 4) is 0 Å². The van der Waals surface area contributed by atoms with Gasteiger partial charge in [0, 0.05) is 11.6 Å². The predicted octanol–water partition coefficient (Wildman–Crippen LogP) is 3.18. The van der Waals surface area contributed by atoms with Crippen LogP contribution < -0.4 is 0 Å². The van der Waals surface area contributed by atoms with Crippen molar-refractivity contribution in [3.63, 3.8) is 0 Å². The van der Waals surface area contributed by atoms with Crippen molar-refractivity contribution >= 4 is 11.8 Å². The second kappa shape index (κ2) is 7.11. The van der Waals surface area contributed by atoms with Crippen LogP contribution in [0.15, 0.2) is 60.7 Å². The third-order valence-corrected chi connectivity index (χ3v) is 2.37. The first-order chi connectivity index (χ1) is 8.99. The third-order valence-electron chi connectivity index (χ3n) is 2.37. The number of carbonyl (C=O) groups is 2. The summed E-state index contributed by atoms with van der Waals surface area (Å²) in [6.45, 7) is 5.69. The van der Waals surface area contributed by atoms with Gasteiger partial charge in [0.1, 0.15) is 0 Å². The lowest BCUT2D eigenvalue weighted by molar-refractivity contribution is -0.131. The van der Waals surface area contributed by atoms with Crippen LogP contribution in [0.5, 0.6) is 0 Å². The quantitative estimate of drug-likeness (QED) is 0.483. The molecule has 19 heavy (non-hydrogen) atoms. The standard InChI is InChI=1S/C16H16O3/c1-12(2)4-3-5-13-6-8-14(9-7-13)15(17)10-11-16(18)19/h3-4,6-11H,1,5H2,2H3,(H,18,19)/b4-3+,11-10+. The van der Waals surface area contributed by atoms with Crippen molar-refractivity contribution in [2.45, 2.75) is 13.3 Å². The van der Waals surface area contributed by atoms with E-state index >= 15 is 0 Å². The first-order valence-electron chi connectivity index (χ1n) is 5.85. The fourth-order valence-corrected chi connectivity index (χ4v) is 1.44. The van der Waals surface area contributed by atoms with Crippen LogP contribution in [0.25, 0.3) is 0 Å². The number of carboxylic acids is 1. The van der Waals surface area contributed by atoms with Crippen LogP contribution in [0, 0.1) is 0 Å². The number of allylic oxidation sites excluding steroid dienone is 4. The molecule has 0 saturated heterocycles. The van der Waals surface area contributed by atoms with Crippen LogP contribution >= 0.6 is 0 Å². The van der Waals surface area contributed by atoms with Crippen LogP contribution in [-0.2, 0) is 11.2 Å². The van der Waals surface area contributed by atoms with E-state index in [0.29, 0.717) is 5.56 Å². The normalized spacial score (nSPS) is 11.0. The molecule has 98 valence electrons. The van der Waals surface area contributed by atoms with Crippen LogP contribution in [-0.4, -0.2) is 16.9 Å². The van der Waals surface area contributed by atoms with E-state index in [1.807, 2.05) is 31.2 Å². The zero-order valence-corrected chi connectivity index (χ0v) is 10.8. The van der Waals surface area contributed by atoms with Gasteiger partial charge >= 0.3 is 5.97 Å². The Bertz CT molecular complexity index is 534. The molecule has 1 aromatic carbocycles. The second-order valence-corrected chi connectivity index (χ2v) is 4.19. The zero-order chi connectivity index (χ0) is 14.3. The summed E-state index contributed by atoms with van der Waals surface area (Å²) in [4.78, 5) is 21.9. The molecule has 1 N–H and O–H groups in total. The Morgan fingerprint density at radius 2 is 1.79 bits per heavy atom. The molecule has 0 amide bonds. The van der Waals surface area contributed by atoms with Gasteiger partial charge in [0.15, 0.2) is 5.78 Å². The molecular weight excluding hydrogens is 240 g/mol. The highest BCUT2D eigenvalue weighted by Crippen LogP contribution is 2.07. The number of carbonyl (C=O) groups excluding carboxylic acids is 1. The molecule has 1 aromatic rings. The Labute approximate surface area is 112 Å². The summed E-state index contributed by atoms with van der Waals surface area (Å²) in [6.07, 6.45) is 6.61. The van der Waals surface area contributed by atoms with E-state index in [9.17, 15) is 9.59 Å². The maximum absolute atomic E-state index is 11.6. The number of hydrogen-bond acceptors (Lipinski definition) is 2. The van der Waals surface area contributed by atoms with Crippen LogP contribution in [0.2, 0.25) is 0 Å². The summed E-state index contributed by atoms with van der Waals surface area (Å²) in [5.41, 5.74) is 2.55. The average Bonchev–Trinajstić information content (AvgIpc) is 2.36. The lowest BCUT2D eigenvalue weighted by Gasteiger charge is -1.99. The fraction of sp³-hybridized carbons (Fsp3) is 0.125. The third kappa shape index (κ3) is 5.64. The molecule has 0 aliphatic heterocycles. The van der Waals surface area contributed by atoms with Gasteiger partial charge in [-0.25, -0.2) is 4.79 Å². The summed E-state index contributed by atoms with van der Waals surface area (Å²) >= 11 is 0. The van der Waals surface area contributed by atoms with E-state index in [2.05, 4.69) is 6.58 Å². The molecule has 3 heteroatoms. The average molecular weight is 256 g/mol. The Hall–Kier alpha value is -2.42. The monoisotopic (exact) mass is 256 g/mol. The molecule has 0 spiro atoms. The number of rotatable bonds is 6. The number of carboxylic acid groups (broad SMARTS) is 1. The topological polar surface area (TPSA) is 54.4 Å². The minimum atomic E-state index is -1.13. The highest BCUT2D eigenvalue weighted by atomic mass is 16.4.